The third-order valence-corrected chi connectivity index (χ3v) is 5.84. The molecule has 0 spiro atoms. The number of nitrogens with one attached hydrogen (secondary N) is 1. The minimum atomic E-state index is -0.491. The summed E-state index contributed by atoms with van der Waals surface area (Å²) in [6, 6.07) is 8.08. The first kappa shape index (κ1) is 21.2. The third kappa shape index (κ3) is 7.14. The fourth-order valence-electron chi connectivity index (χ4n) is 3.24. The van der Waals surface area contributed by atoms with Crippen LogP contribution in [-0.4, -0.2) is 67.1 Å². The van der Waals surface area contributed by atoms with Gasteiger partial charge in [-0.15, -0.1) is 11.3 Å². The minimum absolute atomic E-state index is 0.308. The van der Waals surface area contributed by atoms with Gasteiger partial charge in [0.15, 0.2) is 0 Å². The number of benzene rings is 1. The van der Waals surface area contributed by atoms with Crippen molar-refractivity contribution in [2.75, 3.05) is 46.0 Å². The molecule has 6 nitrogen and oxygen atoms in total. The van der Waals surface area contributed by atoms with Crippen molar-refractivity contribution in [3.63, 3.8) is 0 Å². The standard InChI is InChI=1S/C21H31N3O3S/c1-17-21(28-16-23-17)6-3-7-22-13-18-4-2-5-20(12-18)27-15-19(25)14-24-8-10-26-11-9-24/h2,4-5,12,16,19,22,25H,3,6-11,13-15H2,1H3/t19-/m1/s1. The van der Waals surface area contributed by atoms with Gasteiger partial charge in [-0.1, -0.05) is 12.1 Å². The van der Waals surface area contributed by atoms with E-state index >= 15 is 0 Å². The SMILES string of the molecule is Cc1ncsc1CCCNCc1cccc(OC[C@H](O)CN2CCOCC2)c1. The number of aryl methyl sites for hydroxylation is 2. The number of aliphatic hydroxyl groups excluding tert-OH is 1. The van der Waals surface area contributed by atoms with E-state index in [2.05, 4.69) is 28.2 Å². The van der Waals surface area contributed by atoms with E-state index < -0.39 is 6.10 Å². The molecule has 154 valence electrons. The first-order valence-corrected chi connectivity index (χ1v) is 10.9. The predicted molar refractivity (Wildman–Crippen MR) is 112 cm³/mol. The molecule has 0 bridgehead atoms. The maximum atomic E-state index is 10.2. The van der Waals surface area contributed by atoms with Crippen LogP contribution < -0.4 is 10.1 Å². The summed E-state index contributed by atoms with van der Waals surface area (Å²) in [6.07, 6.45) is 1.69. The molecule has 1 atom stereocenters. The highest BCUT2D eigenvalue weighted by molar-refractivity contribution is 7.09. The second-order valence-electron chi connectivity index (χ2n) is 7.17. The first-order chi connectivity index (χ1) is 13.7. The molecule has 1 aromatic carbocycles. The number of aliphatic hydroxyl groups is 1. The maximum absolute atomic E-state index is 10.2. The van der Waals surface area contributed by atoms with Gasteiger partial charge in [-0.3, -0.25) is 4.90 Å². The van der Waals surface area contributed by atoms with Crippen LogP contribution in [0.4, 0.5) is 0 Å². The maximum Gasteiger partial charge on any atom is 0.119 e. The summed E-state index contributed by atoms with van der Waals surface area (Å²) in [4.78, 5) is 7.89. The molecule has 2 heterocycles. The van der Waals surface area contributed by atoms with Gasteiger partial charge in [-0.2, -0.15) is 0 Å². The van der Waals surface area contributed by atoms with E-state index in [-0.39, 0.29) is 0 Å². The quantitative estimate of drug-likeness (QED) is 0.559. The van der Waals surface area contributed by atoms with Gasteiger partial charge >= 0.3 is 0 Å². The van der Waals surface area contributed by atoms with Crippen LogP contribution in [0.25, 0.3) is 0 Å². The van der Waals surface area contributed by atoms with E-state index in [1.165, 1.54) is 10.4 Å². The highest BCUT2D eigenvalue weighted by atomic mass is 32.1. The van der Waals surface area contributed by atoms with Crippen LogP contribution in [0.3, 0.4) is 0 Å². The lowest BCUT2D eigenvalue weighted by atomic mass is 10.2. The Bertz CT molecular complexity index is 704. The predicted octanol–water partition coefficient (Wildman–Crippen LogP) is 2.25. The zero-order valence-electron chi connectivity index (χ0n) is 16.6. The van der Waals surface area contributed by atoms with E-state index in [4.69, 9.17) is 9.47 Å². The molecule has 7 heteroatoms. The average Bonchev–Trinajstić information content (AvgIpc) is 3.12. The monoisotopic (exact) mass is 405 g/mol. The molecule has 0 saturated carbocycles. The van der Waals surface area contributed by atoms with E-state index in [1.54, 1.807) is 11.3 Å². The van der Waals surface area contributed by atoms with Crippen molar-refractivity contribution < 1.29 is 14.6 Å². The van der Waals surface area contributed by atoms with Crippen LogP contribution in [0.2, 0.25) is 0 Å². The number of nitrogens with zero attached hydrogens (tertiary/aromatic N) is 2. The van der Waals surface area contributed by atoms with Crippen molar-refractivity contribution in [2.45, 2.75) is 32.4 Å². The lowest BCUT2D eigenvalue weighted by Gasteiger charge is -2.28. The van der Waals surface area contributed by atoms with Gasteiger partial charge in [-0.25, -0.2) is 4.98 Å². The summed E-state index contributed by atoms with van der Waals surface area (Å²) in [7, 11) is 0. The van der Waals surface area contributed by atoms with Crippen molar-refractivity contribution >= 4 is 11.3 Å². The number of aromatic nitrogens is 1. The Labute approximate surface area is 171 Å². The van der Waals surface area contributed by atoms with Crippen LogP contribution in [0, 0.1) is 6.92 Å². The summed E-state index contributed by atoms with van der Waals surface area (Å²) in [5.41, 5.74) is 4.27. The molecule has 1 saturated heterocycles. The van der Waals surface area contributed by atoms with Crippen LogP contribution in [0.5, 0.6) is 5.75 Å². The van der Waals surface area contributed by atoms with Crippen LogP contribution in [0.15, 0.2) is 29.8 Å². The molecular formula is C21H31N3O3S. The van der Waals surface area contributed by atoms with E-state index in [9.17, 15) is 5.11 Å². The average molecular weight is 406 g/mol. The molecule has 1 fully saturated rings. The van der Waals surface area contributed by atoms with Gasteiger partial charge < -0.3 is 19.9 Å². The smallest absolute Gasteiger partial charge is 0.119 e. The van der Waals surface area contributed by atoms with E-state index in [0.717, 1.165) is 63.7 Å². The molecule has 0 radical (unpaired) electrons. The zero-order chi connectivity index (χ0) is 19.6. The van der Waals surface area contributed by atoms with Gasteiger partial charge in [0.1, 0.15) is 18.5 Å². The van der Waals surface area contributed by atoms with Crippen LogP contribution >= 0.6 is 11.3 Å². The Morgan fingerprint density at radius 2 is 2.21 bits per heavy atom. The van der Waals surface area contributed by atoms with Crippen molar-refractivity contribution in [3.8, 4) is 5.75 Å². The number of hydrogen-bond acceptors (Lipinski definition) is 7. The summed E-state index contributed by atoms with van der Waals surface area (Å²) in [6.45, 7) is 8.03. The number of β-amino-alcohol motifs (C(OH)–C–C–N with tert-alkyl or cyclic N) is 1. The molecule has 1 aliphatic heterocycles. The fourth-order valence-corrected chi connectivity index (χ4v) is 4.07. The highest BCUT2D eigenvalue weighted by Crippen LogP contribution is 2.15. The van der Waals surface area contributed by atoms with Gasteiger partial charge in [0.05, 0.1) is 24.4 Å². The fraction of sp³-hybridized carbons (Fsp3) is 0.571. The Hall–Kier alpha value is -1.51. The lowest BCUT2D eigenvalue weighted by Crippen LogP contribution is -2.42. The Balaban J connectivity index is 1.33. The minimum Gasteiger partial charge on any atom is -0.491 e. The summed E-state index contributed by atoms with van der Waals surface area (Å²) in [5.74, 6) is 0.806. The second-order valence-corrected chi connectivity index (χ2v) is 8.11. The molecule has 3 rings (SSSR count). The van der Waals surface area contributed by atoms with Gasteiger partial charge in [0, 0.05) is 31.1 Å². The van der Waals surface area contributed by atoms with Gasteiger partial charge in [0.2, 0.25) is 0 Å². The topological polar surface area (TPSA) is 66.9 Å². The Morgan fingerprint density at radius 3 is 3.00 bits per heavy atom. The first-order valence-electron chi connectivity index (χ1n) is 10.0. The molecule has 1 aliphatic rings. The molecule has 2 N–H and O–H groups in total. The molecule has 28 heavy (non-hydrogen) atoms. The van der Waals surface area contributed by atoms with Crippen LogP contribution in [0.1, 0.15) is 22.6 Å². The zero-order valence-corrected chi connectivity index (χ0v) is 17.4. The van der Waals surface area contributed by atoms with Crippen molar-refractivity contribution in [1.82, 2.24) is 15.2 Å². The van der Waals surface area contributed by atoms with E-state index in [0.29, 0.717) is 13.2 Å². The Morgan fingerprint density at radius 1 is 1.36 bits per heavy atom. The Kier molecular flexibility index (Phi) is 8.70. The summed E-state index contributed by atoms with van der Waals surface area (Å²) in [5, 5.41) is 13.7. The molecular weight excluding hydrogens is 374 g/mol. The number of ether oxygens (including phenoxy) is 2. The summed E-state index contributed by atoms with van der Waals surface area (Å²) < 4.78 is 11.1. The van der Waals surface area contributed by atoms with E-state index in [1.807, 2.05) is 23.7 Å². The molecule has 2 aromatic rings. The van der Waals surface area contributed by atoms with Gasteiger partial charge in [-0.05, 0) is 44.0 Å². The summed E-state index contributed by atoms with van der Waals surface area (Å²) >= 11 is 1.74. The molecule has 1 aromatic heterocycles. The molecule has 0 aliphatic carbocycles. The second kappa shape index (κ2) is 11.5. The third-order valence-electron chi connectivity index (χ3n) is 4.84. The highest BCUT2D eigenvalue weighted by Gasteiger charge is 2.15. The number of thiazole rings is 1. The van der Waals surface area contributed by atoms with Crippen molar-refractivity contribution in [1.29, 1.82) is 0 Å². The lowest BCUT2D eigenvalue weighted by molar-refractivity contribution is 0.00465. The van der Waals surface area contributed by atoms with Crippen LogP contribution in [-0.2, 0) is 17.7 Å². The van der Waals surface area contributed by atoms with Crippen molar-refractivity contribution in [3.05, 3.63) is 45.9 Å². The van der Waals surface area contributed by atoms with Crippen molar-refractivity contribution in [2.24, 2.45) is 0 Å². The molecule has 0 unspecified atom stereocenters. The largest absolute Gasteiger partial charge is 0.491 e. The normalized spacial score (nSPS) is 16.2. The van der Waals surface area contributed by atoms with Gasteiger partial charge in [0.25, 0.3) is 0 Å². The number of morpholine rings is 1. The number of rotatable bonds is 11. The molecule has 0 amide bonds. The number of hydrogen-bond donors (Lipinski definition) is 2.